The molecule has 0 aromatic carbocycles. The van der Waals surface area contributed by atoms with Gasteiger partial charge in [-0.2, -0.15) is 6.61 Å². The molecule has 5 heteroatoms. The van der Waals surface area contributed by atoms with Gasteiger partial charge >= 0.3 is 0 Å². The largest absolute Gasteiger partial charge is 0.545 e. The zero-order chi connectivity index (χ0) is 13.9. The second-order valence-electron chi connectivity index (χ2n) is 5.13. The van der Waals surface area contributed by atoms with Crippen molar-refractivity contribution in [3.8, 4) is 0 Å². The second kappa shape index (κ2) is 13.5. The fraction of sp³-hybridized carbons (Fsp3) is 0.933. The number of unbranched alkanes of at least 4 members (excludes halogenated alkanes) is 5. The average molecular weight is 511 g/mol. The smallest absolute Gasteiger partial charge is 0.143 e. The summed E-state index contributed by atoms with van der Waals surface area (Å²) >= 11 is 0. The van der Waals surface area contributed by atoms with Crippen LogP contribution in [0.3, 0.4) is 0 Å². The van der Waals surface area contributed by atoms with Gasteiger partial charge in [0.25, 0.3) is 0 Å². The van der Waals surface area contributed by atoms with E-state index in [1.54, 1.807) is 6.61 Å². The van der Waals surface area contributed by atoms with Crippen molar-refractivity contribution in [1.29, 1.82) is 0 Å². The molecule has 118 valence electrons. The molecule has 0 aromatic heterocycles. The van der Waals surface area contributed by atoms with Gasteiger partial charge in [-0.05, 0) is 18.9 Å². The van der Waals surface area contributed by atoms with Gasteiger partial charge in [-0.3, -0.25) is 0 Å². The number of ether oxygens (including phenoxy) is 3. The molecule has 1 N–H and O–H groups in total. The number of hydrogen-bond acceptors (Lipinski definition) is 4. The molecule has 0 radical (unpaired) electrons. The van der Waals surface area contributed by atoms with E-state index >= 15 is 0 Å². The van der Waals surface area contributed by atoms with Gasteiger partial charge in [-0.15, -0.1) is 0 Å². The Morgan fingerprint density at radius 3 is 2.45 bits per heavy atom. The molecule has 4 nitrogen and oxygen atoms in total. The van der Waals surface area contributed by atoms with Crippen LogP contribution >= 0.6 is 0 Å². The van der Waals surface area contributed by atoms with Crippen molar-refractivity contribution in [3.05, 3.63) is 6.61 Å². The van der Waals surface area contributed by atoms with Gasteiger partial charge in [-0.1, -0.05) is 46.0 Å². The summed E-state index contributed by atoms with van der Waals surface area (Å²) in [4.78, 5) is 0. The van der Waals surface area contributed by atoms with E-state index in [1.807, 2.05) is 6.92 Å². The Morgan fingerprint density at radius 2 is 1.80 bits per heavy atom. The molecule has 0 aliphatic carbocycles. The number of aliphatic hydroxyl groups excluding tert-OH is 1. The zero-order valence-corrected chi connectivity index (χ0v) is 17.0. The molecule has 0 spiro atoms. The van der Waals surface area contributed by atoms with Crippen LogP contribution < -0.4 is 0 Å². The first-order valence-corrected chi connectivity index (χ1v) is 7.65. The van der Waals surface area contributed by atoms with Crippen LogP contribution in [0.25, 0.3) is 0 Å². The summed E-state index contributed by atoms with van der Waals surface area (Å²) in [7, 11) is 0. The summed E-state index contributed by atoms with van der Waals surface area (Å²) in [6.07, 6.45) is 7.27. The SMILES string of the molecule is CCCCCCCCOCOC1[CH-]O[C@H](CC)[C@@H]1O.[U]. The molecule has 1 aliphatic rings. The maximum absolute atomic E-state index is 9.84. The Bertz CT molecular complexity index is 216. The third kappa shape index (κ3) is 8.36. The van der Waals surface area contributed by atoms with Crippen LogP contribution in [0, 0.1) is 37.7 Å². The molecular formula is C15H29O4U-. The van der Waals surface area contributed by atoms with E-state index < -0.39 is 6.10 Å². The Hall–Kier alpha value is 0.892. The first kappa shape index (κ1) is 20.9. The van der Waals surface area contributed by atoms with Crippen molar-refractivity contribution < 1.29 is 50.4 Å². The maximum Gasteiger partial charge on any atom is 0.143 e. The molecule has 1 heterocycles. The standard InChI is InChI=1S/C15H29O4.U/c1-3-5-6-7-8-9-10-17-12-19-14-11-18-13(4-2)15(14)16;/h11,13-16H,3-10,12H2,1-2H3;/q-1;/t13-,14?,15+;/m1./s1. The molecule has 1 rings (SSSR count). The van der Waals surface area contributed by atoms with Crippen molar-refractivity contribution in [3.63, 3.8) is 0 Å². The van der Waals surface area contributed by atoms with E-state index in [2.05, 4.69) is 6.92 Å². The van der Waals surface area contributed by atoms with E-state index in [0.29, 0.717) is 0 Å². The molecule has 0 bridgehead atoms. The summed E-state index contributed by atoms with van der Waals surface area (Å²) in [5.41, 5.74) is 0. The van der Waals surface area contributed by atoms with Gasteiger partial charge in [0.1, 0.15) is 6.79 Å². The zero-order valence-electron chi connectivity index (χ0n) is 12.8. The van der Waals surface area contributed by atoms with Crippen molar-refractivity contribution in [2.24, 2.45) is 0 Å². The van der Waals surface area contributed by atoms with Crippen molar-refractivity contribution in [2.45, 2.75) is 77.1 Å². The van der Waals surface area contributed by atoms with Crippen LogP contribution in [0.1, 0.15) is 58.8 Å². The first-order chi connectivity index (χ1) is 9.29. The third-order valence-corrected chi connectivity index (χ3v) is 3.49. The molecule has 0 aromatic rings. The molecule has 1 aliphatic heterocycles. The van der Waals surface area contributed by atoms with Gasteiger partial charge < -0.3 is 19.3 Å². The molecule has 0 amide bonds. The minimum atomic E-state index is -0.567. The molecule has 1 unspecified atom stereocenters. The van der Waals surface area contributed by atoms with Crippen LogP contribution in [-0.2, 0) is 14.2 Å². The molecule has 1 saturated heterocycles. The van der Waals surface area contributed by atoms with Gasteiger partial charge in [0.05, 0.1) is 6.10 Å². The summed E-state index contributed by atoms with van der Waals surface area (Å²) in [6, 6.07) is 0. The van der Waals surface area contributed by atoms with Crippen molar-refractivity contribution in [2.75, 3.05) is 13.4 Å². The molecule has 20 heavy (non-hydrogen) atoms. The molecule has 1 fully saturated rings. The van der Waals surface area contributed by atoms with Crippen LogP contribution in [0.15, 0.2) is 0 Å². The summed E-state index contributed by atoms with van der Waals surface area (Å²) < 4.78 is 16.2. The maximum atomic E-state index is 9.84. The summed E-state index contributed by atoms with van der Waals surface area (Å²) in [5, 5.41) is 9.84. The van der Waals surface area contributed by atoms with Crippen LogP contribution in [-0.4, -0.2) is 36.8 Å². The van der Waals surface area contributed by atoms with Crippen LogP contribution in [0.4, 0.5) is 0 Å². The van der Waals surface area contributed by atoms with E-state index in [1.165, 1.54) is 32.1 Å². The Morgan fingerprint density at radius 1 is 1.10 bits per heavy atom. The van der Waals surface area contributed by atoms with Crippen LogP contribution in [0.2, 0.25) is 0 Å². The third-order valence-electron chi connectivity index (χ3n) is 3.49. The average Bonchev–Trinajstić information content (AvgIpc) is 2.78. The quantitative estimate of drug-likeness (QED) is 0.263. The topological polar surface area (TPSA) is 47.9 Å². The van der Waals surface area contributed by atoms with E-state index in [-0.39, 0.29) is 50.1 Å². The Kier molecular flexibility index (Phi) is 14.2. The van der Waals surface area contributed by atoms with E-state index in [4.69, 9.17) is 14.2 Å². The minimum Gasteiger partial charge on any atom is -0.545 e. The summed E-state index contributed by atoms with van der Waals surface area (Å²) in [5.74, 6) is 0. The first-order valence-electron chi connectivity index (χ1n) is 7.65. The number of aliphatic hydroxyl groups is 1. The van der Waals surface area contributed by atoms with Gasteiger partial charge in [0.15, 0.2) is 0 Å². The van der Waals surface area contributed by atoms with Crippen LogP contribution in [0.5, 0.6) is 0 Å². The normalized spacial score (nSPS) is 25.6. The Labute approximate surface area is 147 Å². The van der Waals surface area contributed by atoms with E-state index in [0.717, 1.165) is 19.4 Å². The van der Waals surface area contributed by atoms with Gasteiger partial charge in [0.2, 0.25) is 0 Å². The predicted octanol–water partition coefficient (Wildman–Crippen LogP) is 3.04. The minimum absolute atomic E-state index is 0. The van der Waals surface area contributed by atoms with Gasteiger partial charge in [-0.25, -0.2) is 0 Å². The molecule has 3 atom stereocenters. The molecule has 0 saturated carbocycles. The summed E-state index contributed by atoms with van der Waals surface area (Å²) in [6.45, 7) is 6.74. The molecular weight excluding hydrogens is 482 g/mol. The Balaban J connectivity index is 0.00000361. The van der Waals surface area contributed by atoms with Crippen molar-refractivity contribution in [1.82, 2.24) is 0 Å². The number of rotatable bonds is 11. The van der Waals surface area contributed by atoms with E-state index in [9.17, 15) is 5.11 Å². The fourth-order valence-electron chi connectivity index (χ4n) is 2.20. The van der Waals surface area contributed by atoms with Crippen molar-refractivity contribution >= 4 is 0 Å². The predicted molar refractivity (Wildman–Crippen MR) is 74.5 cm³/mol. The number of hydrogen-bond donors (Lipinski definition) is 1. The fourth-order valence-corrected chi connectivity index (χ4v) is 2.20. The second-order valence-corrected chi connectivity index (χ2v) is 5.13. The van der Waals surface area contributed by atoms with Gasteiger partial charge in [0, 0.05) is 43.8 Å². The monoisotopic (exact) mass is 511 g/mol.